The molecule has 36 heavy (non-hydrogen) atoms. The topological polar surface area (TPSA) is 96.6 Å². The summed E-state index contributed by atoms with van der Waals surface area (Å²) in [5, 5.41) is 23.3. The summed E-state index contributed by atoms with van der Waals surface area (Å²) in [4.78, 5) is 18.1. The van der Waals surface area contributed by atoms with Crippen molar-refractivity contribution in [3.8, 4) is 17.1 Å². The van der Waals surface area contributed by atoms with Crippen molar-refractivity contribution in [3.05, 3.63) is 71.3 Å². The lowest BCUT2D eigenvalue weighted by Gasteiger charge is -2.19. The lowest BCUT2D eigenvalue weighted by Crippen LogP contribution is -2.25. The van der Waals surface area contributed by atoms with E-state index in [1.165, 1.54) is 12.1 Å². The van der Waals surface area contributed by atoms with Crippen LogP contribution in [0.15, 0.2) is 48.5 Å². The number of carbonyl (C=O) groups excluding carboxylic acids is 1. The second-order valence-electron chi connectivity index (χ2n) is 9.22. The minimum Gasteiger partial charge on any atom is -0.496 e. The number of imidazole rings is 1. The Bertz CT molecular complexity index is 1140. The molecule has 3 rings (SSSR count). The summed E-state index contributed by atoms with van der Waals surface area (Å²) in [6.07, 6.45) is -0.0489. The van der Waals surface area contributed by atoms with Crippen molar-refractivity contribution in [1.29, 1.82) is 0 Å². The van der Waals surface area contributed by atoms with Crippen molar-refractivity contribution >= 4 is 5.91 Å². The van der Waals surface area contributed by atoms with Crippen LogP contribution in [-0.2, 0) is 13.1 Å². The van der Waals surface area contributed by atoms with Gasteiger partial charge in [-0.25, -0.2) is 9.37 Å². The van der Waals surface area contributed by atoms with Crippen molar-refractivity contribution in [3.63, 3.8) is 0 Å². The number of aliphatic hydroxyl groups is 2. The summed E-state index contributed by atoms with van der Waals surface area (Å²) < 4.78 is 20.9. The number of methoxy groups -OCH3 is 1. The van der Waals surface area contributed by atoms with Gasteiger partial charge in [0.1, 0.15) is 23.1 Å². The summed E-state index contributed by atoms with van der Waals surface area (Å²) in [7, 11) is 1.59. The fourth-order valence-electron chi connectivity index (χ4n) is 4.25. The van der Waals surface area contributed by atoms with Gasteiger partial charge in [0.05, 0.1) is 25.0 Å². The minimum absolute atomic E-state index is 0.0444. The number of hydrogen-bond acceptors (Lipinski definition) is 5. The Morgan fingerprint density at radius 3 is 2.44 bits per heavy atom. The van der Waals surface area contributed by atoms with E-state index in [2.05, 4.69) is 5.32 Å². The van der Waals surface area contributed by atoms with Gasteiger partial charge < -0.3 is 24.8 Å². The van der Waals surface area contributed by atoms with E-state index in [-0.39, 0.29) is 30.6 Å². The molecule has 2 unspecified atom stereocenters. The molecule has 3 aromatic rings. The number of ether oxygens (including phenoxy) is 1. The van der Waals surface area contributed by atoms with Gasteiger partial charge in [-0.2, -0.15) is 0 Å². The molecule has 2 atom stereocenters. The largest absolute Gasteiger partial charge is 0.496 e. The van der Waals surface area contributed by atoms with E-state index >= 15 is 0 Å². The predicted molar refractivity (Wildman–Crippen MR) is 137 cm³/mol. The number of para-hydroxylation sites is 1. The summed E-state index contributed by atoms with van der Waals surface area (Å²) >= 11 is 0. The van der Waals surface area contributed by atoms with E-state index in [1.807, 2.05) is 49.6 Å². The number of aromatic nitrogens is 2. The summed E-state index contributed by atoms with van der Waals surface area (Å²) in [6, 6.07) is 13.4. The number of amides is 1. The van der Waals surface area contributed by atoms with Crippen LogP contribution in [0.3, 0.4) is 0 Å². The van der Waals surface area contributed by atoms with Crippen LogP contribution >= 0.6 is 0 Å². The van der Waals surface area contributed by atoms with E-state index < -0.39 is 12.2 Å². The molecule has 194 valence electrons. The number of benzene rings is 2. The van der Waals surface area contributed by atoms with Crippen LogP contribution in [0, 0.1) is 5.82 Å². The standard InChI is InChI=1S/C28H36FN3O4/c1-5-22(33)16-23(34)14-15-32-26(18(2)3)25(31-27(32)19-10-12-21(29)13-11-19)28(35)30-17-20-8-6-7-9-24(20)36-4/h6-13,18,22-23,33-34H,5,14-17H2,1-4H3,(H,30,35). The van der Waals surface area contributed by atoms with Crippen molar-refractivity contribution in [2.45, 2.75) is 71.2 Å². The van der Waals surface area contributed by atoms with Crippen LogP contribution in [0.4, 0.5) is 4.39 Å². The Hall–Kier alpha value is -3.23. The van der Waals surface area contributed by atoms with E-state index in [0.29, 0.717) is 42.2 Å². The zero-order valence-corrected chi connectivity index (χ0v) is 21.4. The Morgan fingerprint density at radius 1 is 1.11 bits per heavy atom. The molecule has 0 fully saturated rings. The Morgan fingerprint density at radius 2 is 1.81 bits per heavy atom. The molecule has 0 aliphatic heterocycles. The number of halogens is 1. The maximum absolute atomic E-state index is 13.6. The molecule has 0 bridgehead atoms. The number of rotatable bonds is 12. The van der Waals surface area contributed by atoms with Gasteiger partial charge in [0.2, 0.25) is 0 Å². The second-order valence-corrected chi connectivity index (χ2v) is 9.22. The van der Waals surface area contributed by atoms with Crippen molar-refractivity contribution in [1.82, 2.24) is 14.9 Å². The molecule has 1 aromatic heterocycles. The van der Waals surface area contributed by atoms with Crippen LogP contribution < -0.4 is 10.1 Å². The molecule has 0 aliphatic rings. The number of nitrogens with one attached hydrogen (secondary N) is 1. The number of carbonyl (C=O) groups is 1. The molecule has 8 heteroatoms. The molecule has 3 N–H and O–H groups in total. The van der Waals surface area contributed by atoms with Gasteiger partial charge in [-0.15, -0.1) is 0 Å². The van der Waals surface area contributed by atoms with Gasteiger partial charge >= 0.3 is 0 Å². The summed E-state index contributed by atoms with van der Waals surface area (Å²) in [5.74, 6) is 0.484. The molecule has 2 aromatic carbocycles. The normalized spacial score (nSPS) is 13.0. The predicted octanol–water partition coefficient (Wildman–Crippen LogP) is 4.66. The Kier molecular flexibility index (Phi) is 9.61. The van der Waals surface area contributed by atoms with Crippen molar-refractivity contribution < 1.29 is 24.1 Å². The molecule has 0 aliphatic carbocycles. The third-order valence-electron chi connectivity index (χ3n) is 6.20. The highest BCUT2D eigenvalue weighted by Crippen LogP contribution is 2.29. The molecule has 0 saturated carbocycles. The average Bonchev–Trinajstić information content (AvgIpc) is 3.26. The number of aliphatic hydroxyl groups excluding tert-OH is 2. The first-order chi connectivity index (χ1) is 17.2. The van der Waals surface area contributed by atoms with E-state index in [4.69, 9.17) is 9.72 Å². The molecular weight excluding hydrogens is 461 g/mol. The molecular formula is C28H36FN3O4. The fraction of sp³-hybridized carbons (Fsp3) is 0.429. The highest BCUT2D eigenvalue weighted by Gasteiger charge is 2.26. The zero-order chi connectivity index (χ0) is 26.2. The van der Waals surface area contributed by atoms with Crippen LogP contribution in [0.25, 0.3) is 11.4 Å². The van der Waals surface area contributed by atoms with Gasteiger partial charge in [0.25, 0.3) is 5.91 Å². The molecule has 7 nitrogen and oxygen atoms in total. The first-order valence-corrected chi connectivity index (χ1v) is 12.4. The Balaban J connectivity index is 1.95. The monoisotopic (exact) mass is 497 g/mol. The highest BCUT2D eigenvalue weighted by atomic mass is 19.1. The zero-order valence-electron chi connectivity index (χ0n) is 21.4. The second kappa shape index (κ2) is 12.6. The van der Waals surface area contributed by atoms with Gasteiger partial charge in [-0.1, -0.05) is 39.0 Å². The average molecular weight is 498 g/mol. The van der Waals surface area contributed by atoms with Gasteiger partial charge in [-0.05, 0) is 55.5 Å². The molecule has 1 amide bonds. The first kappa shape index (κ1) is 27.4. The molecule has 0 spiro atoms. The van der Waals surface area contributed by atoms with E-state index in [0.717, 1.165) is 11.3 Å². The van der Waals surface area contributed by atoms with Crippen LogP contribution in [0.1, 0.15) is 67.7 Å². The lowest BCUT2D eigenvalue weighted by molar-refractivity contribution is 0.0711. The maximum Gasteiger partial charge on any atom is 0.272 e. The van der Waals surface area contributed by atoms with E-state index in [1.54, 1.807) is 19.2 Å². The van der Waals surface area contributed by atoms with Crippen molar-refractivity contribution in [2.75, 3.05) is 7.11 Å². The SMILES string of the molecule is CCC(O)CC(O)CCn1c(-c2ccc(F)cc2)nc(C(=O)NCc2ccccc2OC)c1C(C)C. The highest BCUT2D eigenvalue weighted by molar-refractivity contribution is 5.94. The quantitative estimate of drug-likeness (QED) is 0.338. The first-order valence-electron chi connectivity index (χ1n) is 12.4. The number of hydrogen-bond donors (Lipinski definition) is 3. The van der Waals surface area contributed by atoms with Gasteiger partial charge in [-0.3, -0.25) is 4.79 Å². The smallest absolute Gasteiger partial charge is 0.272 e. The van der Waals surface area contributed by atoms with Crippen LogP contribution in [-0.4, -0.2) is 45.0 Å². The third-order valence-corrected chi connectivity index (χ3v) is 6.20. The lowest BCUT2D eigenvalue weighted by atomic mass is 10.1. The van der Waals surface area contributed by atoms with Gasteiger partial charge in [0, 0.05) is 24.2 Å². The fourth-order valence-corrected chi connectivity index (χ4v) is 4.25. The molecule has 1 heterocycles. The number of nitrogens with zero attached hydrogens (tertiary/aromatic N) is 2. The summed E-state index contributed by atoms with van der Waals surface area (Å²) in [5.41, 5.74) is 2.54. The third kappa shape index (κ3) is 6.71. The van der Waals surface area contributed by atoms with Crippen LogP contribution in [0.5, 0.6) is 5.75 Å². The summed E-state index contributed by atoms with van der Waals surface area (Å²) in [6.45, 7) is 6.50. The van der Waals surface area contributed by atoms with E-state index in [9.17, 15) is 19.4 Å². The minimum atomic E-state index is -0.703. The van der Waals surface area contributed by atoms with Gasteiger partial charge in [0.15, 0.2) is 0 Å². The van der Waals surface area contributed by atoms with Crippen molar-refractivity contribution in [2.24, 2.45) is 0 Å². The Labute approximate surface area is 212 Å². The maximum atomic E-state index is 13.6. The molecule has 0 radical (unpaired) electrons. The molecule has 0 saturated heterocycles. The van der Waals surface area contributed by atoms with Crippen LogP contribution in [0.2, 0.25) is 0 Å².